The van der Waals surface area contributed by atoms with Gasteiger partial charge in [-0.05, 0) is 22.8 Å². The van der Waals surface area contributed by atoms with Crippen LogP contribution in [-0.4, -0.2) is 0 Å². The van der Waals surface area contributed by atoms with E-state index in [-0.39, 0.29) is 51.0 Å². The summed E-state index contributed by atoms with van der Waals surface area (Å²) in [6, 6.07) is 31.9. The zero-order valence-electron chi connectivity index (χ0n) is 14.0. The zero-order valence-corrected chi connectivity index (χ0v) is 17.9. The maximum absolute atomic E-state index is 3.65. The first-order chi connectivity index (χ1) is 11.4. The van der Waals surface area contributed by atoms with Crippen LogP contribution < -0.4 is 24.8 Å². The summed E-state index contributed by atoms with van der Waals surface area (Å²) in [5.41, 5.74) is 7.85. The van der Waals surface area contributed by atoms with Crippen molar-refractivity contribution in [2.45, 2.75) is 6.42 Å². The molecule has 3 heteroatoms. The van der Waals surface area contributed by atoms with E-state index in [2.05, 4.69) is 84.9 Å². The van der Waals surface area contributed by atoms with E-state index in [1.807, 2.05) is 0 Å². The molecule has 0 aliphatic heterocycles. The van der Waals surface area contributed by atoms with Gasteiger partial charge < -0.3 is 24.8 Å². The minimum absolute atomic E-state index is 0. The van der Waals surface area contributed by atoms with Crippen molar-refractivity contribution in [3.05, 3.63) is 96.1 Å². The van der Waals surface area contributed by atoms with Crippen LogP contribution in [-0.2, 0) is 32.6 Å². The van der Waals surface area contributed by atoms with Crippen LogP contribution in [0.1, 0.15) is 11.1 Å². The first-order valence-corrected chi connectivity index (χ1v) is 8.01. The van der Waals surface area contributed by atoms with Crippen LogP contribution in [0.2, 0.25) is 0 Å². The second-order valence-electron chi connectivity index (χ2n) is 6.16. The van der Waals surface area contributed by atoms with Gasteiger partial charge in [-0.2, -0.15) is 0 Å². The van der Waals surface area contributed by atoms with Crippen LogP contribution in [0.3, 0.4) is 0 Å². The molecule has 4 aromatic rings. The van der Waals surface area contributed by atoms with Crippen LogP contribution in [0, 0.1) is 6.07 Å². The molecule has 0 bridgehead atoms. The predicted molar refractivity (Wildman–Crippen MR) is 96.5 cm³/mol. The van der Waals surface area contributed by atoms with Gasteiger partial charge in [0, 0.05) is 0 Å². The molecular weight excluding hydrogens is 438 g/mol. The van der Waals surface area contributed by atoms with Crippen LogP contribution >= 0.6 is 0 Å². The molecule has 0 unspecified atom stereocenters. The molecule has 0 N–H and O–H groups in total. The second-order valence-corrected chi connectivity index (χ2v) is 6.16. The van der Waals surface area contributed by atoms with Gasteiger partial charge in [0.15, 0.2) is 0 Å². The molecule has 0 atom stereocenters. The van der Waals surface area contributed by atoms with Crippen molar-refractivity contribution < 1.29 is 51.0 Å². The van der Waals surface area contributed by atoms with Crippen LogP contribution in [0.25, 0.3) is 33.0 Å². The molecule has 0 fully saturated rings. The Morgan fingerprint density at radius 1 is 0.654 bits per heavy atom. The molecule has 0 saturated heterocycles. The molecule has 0 spiro atoms. The standard InChI is InChI=1S/C23H15.2ClH.Zr/c1-2-6-17-13-18(10-9-16(17)5-1)19-11-12-23-21(14-19)15-20-7-3-4-8-22(20)23;;;/h1-13H,15H2;2*1H;/q-1;;;+3/p-2. The van der Waals surface area contributed by atoms with Gasteiger partial charge in [-0.25, -0.2) is 0 Å². The minimum Gasteiger partial charge on any atom is -1.00 e. The van der Waals surface area contributed by atoms with Gasteiger partial charge in [0.05, 0.1) is 0 Å². The third-order valence-electron chi connectivity index (χ3n) is 4.76. The molecule has 1 aliphatic rings. The smallest absolute Gasteiger partial charge is 1.00 e. The van der Waals surface area contributed by atoms with Gasteiger partial charge in [-0.1, -0.05) is 83.4 Å². The van der Waals surface area contributed by atoms with E-state index in [0.717, 1.165) is 6.42 Å². The number of hydrogen-bond acceptors (Lipinski definition) is 0. The van der Waals surface area contributed by atoms with Crippen molar-refractivity contribution in [2.24, 2.45) is 0 Å². The molecule has 4 aromatic carbocycles. The Bertz CT molecular complexity index is 1060. The van der Waals surface area contributed by atoms with Gasteiger partial charge in [-0.3, -0.25) is 0 Å². The SMILES string of the molecule is [Cl-].[Cl-].[Zr+3].[c-]1c(-c2ccc3ccccc3c2)ccc2c1Cc1ccccc1-2. The monoisotopic (exact) mass is 451 g/mol. The average Bonchev–Trinajstić information content (AvgIpc) is 2.99. The topological polar surface area (TPSA) is 0 Å². The van der Waals surface area contributed by atoms with E-state index >= 15 is 0 Å². The number of rotatable bonds is 1. The summed E-state index contributed by atoms with van der Waals surface area (Å²) in [4.78, 5) is 0. The van der Waals surface area contributed by atoms with Gasteiger partial charge in [0.1, 0.15) is 0 Å². The summed E-state index contributed by atoms with van der Waals surface area (Å²) in [6.45, 7) is 0. The molecule has 1 radical (unpaired) electrons. The third kappa shape index (κ3) is 3.54. The van der Waals surface area contributed by atoms with Crippen molar-refractivity contribution in [3.63, 3.8) is 0 Å². The molecule has 0 nitrogen and oxygen atoms in total. The molecule has 0 amide bonds. The number of halogens is 2. The van der Waals surface area contributed by atoms with E-state index in [9.17, 15) is 0 Å². The van der Waals surface area contributed by atoms with E-state index in [4.69, 9.17) is 0 Å². The van der Waals surface area contributed by atoms with Gasteiger partial charge in [-0.15, -0.1) is 29.3 Å². The van der Waals surface area contributed by atoms with E-state index in [0.29, 0.717) is 0 Å². The fourth-order valence-corrected chi connectivity index (χ4v) is 3.58. The fraction of sp³-hybridized carbons (Fsp3) is 0.0435. The number of fused-ring (bicyclic) bond motifs is 4. The molecule has 0 aromatic heterocycles. The molecular formula is C23H15Cl2Zr. The summed E-state index contributed by atoms with van der Waals surface area (Å²) in [7, 11) is 0. The Labute approximate surface area is 185 Å². The Hall–Kier alpha value is -1.40. The quantitative estimate of drug-likeness (QED) is 0.311. The summed E-state index contributed by atoms with van der Waals surface area (Å²) in [5.74, 6) is 0. The summed E-state index contributed by atoms with van der Waals surface area (Å²) >= 11 is 0. The molecule has 0 saturated carbocycles. The largest absolute Gasteiger partial charge is 3.00 e. The van der Waals surface area contributed by atoms with Crippen LogP contribution in [0.15, 0.2) is 78.9 Å². The Morgan fingerprint density at radius 2 is 1.38 bits per heavy atom. The summed E-state index contributed by atoms with van der Waals surface area (Å²) < 4.78 is 0. The molecule has 1 aliphatic carbocycles. The fourth-order valence-electron chi connectivity index (χ4n) is 3.58. The van der Waals surface area contributed by atoms with E-state index in [1.165, 1.54) is 44.2 Å². The van der Waals surface area contributed by atoms with Gasteiger partial charge >= 0.3 is 26.2 Å². The van der Waals surface area contributed by atoms with Crippen molar-refractivity contribution in [1.82, 2.24) is 0 Å². The summed E-state index contributed by atoms with van der Waals surface area (Å²) in [6.07, 6.45) is 0.993. The minimum atomic E-state index is 0. The van der Waals surface area contributed by atoms with Gasteiger partial charge in [0.2, 0.25) is 0 Å². The average molecular weight is 454 g/mol. The Kier molecular flexibility index (Phi) is 6.86. The summed E-state index contributed by atoms with van der Waals surface area (Å²) in [5, 5.41) is 2.56. The number of hydrogen-bond donors (Lipinski definition) is 0. The third-order valence-corrected chi connectivity index (χ3v) is 4.76. The zero-order chi connectivity index (χ0) is 15.2. The van der Waals surface area contributed by atoms with Crippen molar-refractivity contribution in [1.29, 1.82) is 0 Å². The molecule has 5 rings (SSSR count). The molecule has 26 heavy (non-hydrogen) atoms. The van der Waals surface area contributed by atoms with Crippen LogP contribution in [0.5, 0.6) is 0 Å². The van der Waals surface area contributed by atoms with Gasteiger partial charge in [0.25, 0.3) is 0 Å². The molecule has 0 heterocycles. The number of benzene rings is 4. The Morgan fingerprint density at radius 3 is 2.23 bits per heavy atom. The molecule has 125 valence electrons. The second kappa shape index (κ2) is 8.53. The Balaban J connectivity index is 0.000000810. The van der Waals surface area contributed by atoms with Crippen LogP contribution in [0.4, 0.5) is 0 Å². The maximum atomic E-state index is 3.65. The van der Waals surface area contributed by atoms with Crippen molar-refractivity contribution in [3.8, 4) is 22.3 Å². The first kappa shape index (κ1) is 20.9. The van der Waals surface area contributed by atoms with Crippen molar-refractivity contribution in [2.75, 3.05) is 0 Å². The van der Waals surface area contributed by atoms with E-state index in [1.54, 1.807) is 0 Å². The maximum Gasteiger partial charge on any atom is 3.00 e. The predicted octanol–water partition coefficient (Wildman–Crippen LogP) is -0.116. The normalized spacial score (nSPS) is 10.8. The first-order valence-electron chi connectivity index (χ1n) is 8.01. The van der Waals surface area contributed by atoms with Crippen molar-refractivity contribution >= 4 is 10.8 Å². The van der Waals surface area contributed by atoms with E-state index < -0.39 is 0 Å².